The van der Waals surface area contributed by atoms with Crippen LogP contribution in [0.2, 0.25) is 0 Å². The molecule has 3 aromatic carbocycles. The quantitative estimate of drug-likeness (QED) is 0.150. The summed E-state index contributed by atoms with van der Waals surface area (Å²) in [7, 11) is 0. The third-order valence-corrected chi connectivity index (χ3v) is 11.5. The van der Waals surface area contributed by atoms with Gasteiger partial charge in [0.15, 0.2) is 0 Å². The minimum atomic E-state index is -0.0976. The van der Waals surface area contributed by atoms with Crippen LogP contribution in [0.5, 0.6) is 5.75 Å². The maximum Gasteiger partial charge on any atom is 0.133 e. The first-order valence-electron chi connectivity index (χ1n) is 17.9. The topological polar surface area (TPSA) is 32.8 Å². The van der Waals surface area contributed by atoms with E-state index in [1.54, 1.807) is 0 Å². The van der Waals surface area contributed by atoms with Gasteiger partial charge in [0.2, 0.25) is 0 Å². The number of carbonyl (C=O) groups excluding carboxylic acids is 1. The van der Waals surface area contributed by atoms with Crippen molar-refractivity contribution in [2.45, 2.75) is 96.4 Å². The molecule has 2 aliphatic heterocycles. The number of hydrogen-bond acceptors (Lipinski definition) is 5. The minimum absolute atomic E-state index is 0.0175. The highest BCUT2D eigenvalue weighted by Gasteiger charge is 2.43. The molecule has 0 spiro atoms. The number of nitrogens with zero attached hydrogens (tertiary/aromatic N) is 2. The number of aryl methyl sites for hydroxylation is 2. The van der Waals surface area contributed by atoms with Gasteiger partial charge in [-0.05, 0) is 105 Å². The Hall–Kier alpha value is -3.96. The zero-order valence-corrected chi connectivity index (χ0v) is 31.4. The van der Waals surface area contributed by atoms with Crippen molar-refractivity contribution in [3.63, 3.8) is 0 Å². The summed E-state index contributed by atoms with van der Waals surface area (Å²) in [6.07, 6.45) is 13.3. The molecule has 0 amide bonds. The number of anilines is 2. The molecule has 0 N–H and O–H groups in total. The fourth-order valence-corrected chi connectivity index (χ4v) is 8.57. The van der Waals surface area contributed by atoms with Crippen molar-refractivity contribution >= 4 is 29.4 Å². The molecule has 5 heteroatoms. The summed E-state index contributed by atoms with van der Waals surface area (Å²) >= 11 is 1.54. The molecule has 0 saturated heterocycles. The average Bonchev–Trinajstić information content (AvgIpc) is 3.63. The van der Waals surface area contributed by atoms with Crippen molar-refractivity contribution in [1.82, 2.24) is 0 Å². The van der Waals surface area contributed by atoms with Gasteiger partial charge in [-0.2, -0.15) is 0 Å². The van der Waals surface area contributed by atoms with E-state index in [2.05, 4.69) is 126 Å². The highest BCUT2D eigenvalue weighted by molar-refractivity contribution is 7.99. The summed E-state index contributed by atoms with van der Waals surface area (Å²) in [5.41, 5.74) is 11.8. The van der Waals surface area contributed by atoms with Crippen LogP contribution in [0.15, 0.2) is 112 Å². The van der Waals surface area contributed by atoms with Gasteiger partial charge >= 0.3 is 0 Å². The number of ether oxygens (including phenoxy) is 1. The number of hydrogen-bond donors (Lipinski definition) is 0. The second kappa shape index (κ2) is 14.1. The van der Waals surface area contributed by atoms with Gasteiger partial charge < -0.3 is 19.3 Å². The summed E-state index contributed by atoms with van der Waals surface area (Å²) in [5.74, 6) is 2.22. The van der Waals surface area contributed by atoms with E-state index in [1.807, 2.05) is 24.3 Å². The number of likely N-dealkylation sites (N-methyl/N-ethyl adjacent to an activating group) is 1. The smallest absolute Gasteiger partial charge is 0.133 e. The molecule has 49 heavy (non-hydrogen) atoms. The Bertz CT molecular complexity index is 1840. The van der Waals surface area contributed by atoms with Crippen molar-refractivity contribution in [2.24, 2.45) is 0 Å². The maximum atomic E-state index is 10.9. The molecule has 0 radical (unpaired) electrons. The molecule has 0 fully saturated rings. The van der Waals surface area contributed by atoms with Crippen LogP contribution in [0.4, 0.5) is 11.4 Å². The molecule has 1 unspecified atom stereocenters. The van der Waals surface area contributed by atoms with Gasteiger partial charge in [0.25, 0.3) is 0 Å². The monoisotopic (exact) mass is 672 g/mol. The van der Waals surface area contributed by atoms with Crippen molar-refractivity contribution < 1.29 is 9.53 Å². The lowest BCUT2D eigenvalue weighted by Crippen LogP contribution is -2.40. The van der Waals surface area contributed by atoms with E-state index in [0.29, 0.717) is 5.75 Å². The van der Waals surface area contributed by atoms with E-state index >= 15 is 0 Å². The molecular formula is C44H52N2O2S. The molecule has 2 heterocycles. The van der Waals surface area contributed by atoms with Gasteiger partial charge in [-0.3, -0.25) is 0 Å². The Kier molecular flexibility index (Phi) is 10.0. The number of allylic oxidation sites excluding steroid dienone is 6. The van der Waals surface area contributed by atoms with Gasteiger partial charge in [-0.25, -0.2) is 0 Å². The highest BCUT2D eigenvalue weighted by atomic mass is 32.2. The van der Waals surface area contributed by atoms with Crippen LogP contribution in [0, 0.1) is 13.8 Å². The zero-order valence-electron chi connectivity index (χ0n) is 30.6. The molecule has 6 rings (SSSR count). The predicted molar refractivity (Wildman–Crippen MR) is 208 cm³/mol. The number of rotatable bonds is 11. The SMILES string of the molecule is CCCN1c2ccc(C)cc2C(C)(C)C1/C=C/C1=C(Oc2ccc(SCC=O)cc2)C(=C/C=C2/N(CC)c3ccc(C)cc3C2(C)C)/CC1. The Morgan fingerprint density at radius 2 is 1.57 bits per heavy atom. The van der Waals surface area contributed by atoms with Gasteiger partial charge in [0.05, 0.1) is 11.8 Å². The van der Waals surface area contributed by atoms with Crippen molar-refractivity contribution in [2.75, 3.05) is 28.6 Å². The lowest BCUT2D eigenvalue weighted by atomic mass is 9.79. The lowest BCUT2D eigenvalue weighted by molar-refractivity contribution is -0.105. The van der Waals surface area contributed by atoms with Crippen molar-refractivity contribution in [3.05, 3.63) is 130 Å². The molecule has 0 aromatic heterocycles. The van der Waals surface area contributed by atoms with Crippen LogP contribution in [0.25, 0.3) is 0 Å². The molecule has 1 aliphatic carbocycles. The second-order valence-electron chi connectivity index (χ2n) is 14.8. The van der Waals surface area contributed by atoms with Crippen LogP contribution in [0.1, 0.15) is 83.1 Å². The number of thioether (sulfide) groups is 1. The molecule has 4 nitrogen and oxygen atoms in total. The van der Waals surface area contributed by atoms with Gasteiger partial charge in [-0.15, -0.1) is 11.8 Å². The summed E-state index contributed by atoms with van der Waals surface area (Å²) in [5, 5.41) is 0. The third kappa shape index (κ3) is 6.67. The Morgan fingerprint density at radius 1 is 0.878 bits per heavy atom. The second-order valence-corrected chi connectivity index (χ2v) is 15.9. The first-order chi connectivity index (χ1) is 23.5. The summed E-state index contributed by atoms with van der Waals surface area (Å²) in [6, 6.07) is 22.2. The third-order valence-electron chi connectivity index (χ3n) is 10.6. The fourth-order valence-electron chi connectivity index (χ4n) is 7.98. The molecule has 1 atom stereocenters. The fraction of sp³-hybridized carbons (Fsp3) is 0.386. The Balaban J connectivity index is 1.38. The van der Waals surface area contributed by atoms with E-state index < -0.39 is 0 Å². The molecule has 0 saturated carbocycles. The first kappa shape index (κ1) is 34.9. The summed E-state index contributed by atoms with van der Waals surface area (Å²) < 4.78 is 6.80. The normalized spacial score (nSPS) is 20.9. The zero-order chi connectivity index (χ0) is 34.9. The van der Waals surface area contributed by atoms with Crippen molar-refractivity contribution in [1.29, 1.82) is 0 Å². The molecule has 3 aliphatic rings. The van der Waals surface area contributed by atoms with Crippen LogP contribution >= 0.6 is 11.8 Å². The van der Waals surface area contributed by atoms with Crippen LogP contribution < -0.4 is 14.5 Å². The summed E-state index contributed by atoms with van der Waals surface area (Å²) in [4.78, 5) is 17.0. The average molecular weight is 673 g/mol. The van der Waals surface area contributed by atoms with Crippen LogP contribution in [0.3, 0.4) is 0 Å². The van der Waals surface area contributed by atoms with Crippen LogP contribution in [-0.2, 0) is 15.6 Å². The Morgan fingerprint density at radius 3 is 2.24 bits per heavy atom. The standard InChI is InChI=1S/C44H52N2O2S/c1-9-25-46-39-22-12-31(4)29-37(39)44(7,8)41(46)24-16-33-14-13-32(42(33)48-34-17-19-35(20-18-34)49-27-26-47)15-23-40-43(5,6)36-28-30(3)11-21-38(36)45(40)10-2/h11-12,15-24,26,28-29,41H,9-10,13-14,25,27H2,1-8H3/b24-16+,32-15+,40-23+. The predicted octanol–water partition coefficient (Wildman–Crippen LogP) is 10.8. The molecule has 0 bridgehead atoms. The van der Waals surface area contributed by atoms with Crippen LogP contribution in [-0.4, -0.2) is 31.2 Å². The van der Waals surface area contributed by atoms with Gasteiger partial charge in [0.1, 0.15) is 17.8 Å². The van der Waals surface area contributed by atoms with Gasteiger partial charge in [-0.1, -0.05) is 88.2 Å². The highest BCUT2D eigenvalue weighted by Crippen LogP contribution is 2.49. The largest absolute Gasteiger partial charge is 0.457 e. The molecule has 256 valence electrons. The van der Waals surface area contributed by atoms with E-state index in [0.717, 1.165) is 55.0 Å². The van der Waals surface area contributed by atoms with E-state index in [4.69, 9.17) is 4.74 Å². The lowest BCUT2D eigenvalue weighted by Gasteiger charge is -2.32. The molecule has 3 aromatic rings. The summed E-state index contributed by atoms with van der Waals surface area (Å²) in [6.45, 7) is 20.3. The first-order valence-corrected chi connectivity index (χ1v) is 18.9. The molecular weight excluding hydrogens is 621 g/mol. The number of carbonyl (C=O) groups is 1. The van der Waals surface area contributed by atoms with E-state index in [1.165, 1.54) is 62.2 Å². The number of aldehydes is 1. The minimum Gasteiger partial charge on any atom is -0.457 e. The van der Waals surface area contributed by atoms with E-state index in [9.17, 15) is 4.79 Å². The van der Waals surface area contributed by atoms with Crippen molar-refractivity contribution in [3.8, 4) is 5.75 Å². The number of fused-ring (bicyclic) bond motifs is 2. The number of benzene rings is 3. The Labute approximate surface area is 298 Å². The maximum absolute atomic E-state index is 10.9. The van der Waals surface area contributed by atoms with E-state index in [-0.39, 0.29) is 16.9 Å². The van der Waals surface area contributed by atoms with Gasteiger partial charge in [0, 0.05) is 45.9 Å².